The lowest BCUT2D eigenvalue weighted by molar-refractivity contribution is 0.0489. The number of hydrogen-bond donors (Lipinski definition) is 4. The second-order valence-electron chi connectivity index (χ2n) is 10.3. The first-order valence-corrected chi connectivity index (χ1v) is 16.5. The number of carbonyl (C=O) groups excluding carboxylic acids is 2. The molecule has 0 aromatic rings. The maximum Gasteiger partial charge on any atom is 0.407 e. The van der Waals surface area contributed by atoms with Crippen molar-refractivity contribution in [2.75, 3.05) is 65.8 Å². The van der Waals surface area contributed by atoms with E-state index in [2.05, 4.69) is 60.8 Å². The summed E-state index contributed by atoms with van der Waals surface area (Å²) in [5, 5.41) is 11.5. The molecule has 12 heteroatoms. The summed E-state index contributed by atoms with van der Waals surface area (Å²) in [6, 6.07) is 0.260. The van der Waals surface area contributed by atoms with Crippen LogP contribution >= 0.6 is 21.6 Å². The maximum atomic E-state index is 11.9. The van der Waals surface area contributed by atoms with E-state index in [1.165, 1.54) is 0 Å². The molecule has 40 heavy (non-hydrogen) atoms. The molecular weight excluding hydrogens is 552 g/mol. The minimum atomic E-state index is -0.434. The van der Waals surface area contributed by atoms with Gasteiger partial charge < -0.3 is 40.2 Å². The first-order valence-electron chi connectivity index (χ1n) is 14.3. The van der Waals surface area contributed by atoms with Crippen molar-refractivity contribution in [3.8, 4) is 11.8 Å². The number of urea groups is 1. The number of ether oxygens (including phenoxy) is 4. The lowest BCUT2D eigenvalue weighted by atomic mass is 10.1. The fourth-order valence-electron chi connectivity index (χ4n) is 2.80. The van der Waals surface area contributed by atoms with Gasteiger partial charge in [0.15, 0.2) is 0 Å². The van der Waals surface area contributed by atoms with Crippen LogP contribution in [0, 0.1) is 17.8 Å². The summed E-state index contributed by atoms with van der Waals surface area (Å²) in [4.78, 5) is 23.6. The third kappa shape index (κ3) is 28.2. The fourth-order valence-corrected chi connectivity index (χ4v) is 5.11. The first-order chi connectivity index (χ1) is 19.0. The van der Waals surface area contributed by atoms with E-state index in [0.29, 0.717) is 71.2 Å². The molecule has 0 spiro atoms. The van der Waals surface area contributed by atoms with E-state index in [0.717, 1.165) is 25.8 Å². The zero-order valence-electron chi connectivity index (χ0n) is 25.7. The van der Waals surface area contributed by atoms with Gasteiger partial charge in [-0.1, -0.05) is 61.1 Å². The van der Waals surface area contributed by atoms with Gasteiger partial charge in [-0.25, -0.2) is 9.59 Å². The average Bonchev–Trinajstić information content (AvgIpc) is 2.88. The molecule has 1 atom stereocenters. The molecule has 0 saturated carbocycles. The number of amides is 3. The van der Waals surface area contributed by atoms with Gasteiger partial charge in [0.2, 0.25) is 0 Å². The second-order valence-corrected chi connectivity index (χ2v) is 13.5. The number of unbranched alkanes of at least 4 members (excludes halogenated alkanes) is 1. The highest BCUT2D eigenvalue weighted by atomic mass is 33.1. The van der Waals surface area contributed by atoms with Gasteiger partial charge >= 0.3 is 12.1 Å². The Kier molecular flexibility index (Phi) is 24.5. The molecule has 0 saturated heterocycles. The van der Waals surface area contributed by atoms with Crippen molar-refractivity contribution in [1.29, 1.82) is 0 Å². The average molecular weight is 607 g/mol. The largest absolute Gasteiger partial charge is 0.450 e. The van der Waals surface area contributed by atoms with Crippen LogP contribution in [0.3, 0.4) is 0 Å². The molecule has 1 unspecified atom stereocenters. The van der Waals surface area contributed by atoms with Crippen molar-refractivity contribution in [3.05, 3.63) is 0 Å². The van der Waals surface area contributed by atoms with Crippen LogP contribution in [-0.2, 0) is 18.9 Å². The van der Waals surface area contributed by atoms with Crippen LogP contribution in [0.4, 0.5) is 9.59 Å². The highest BCUT2D eigenvalue weighted by Gasteiger charge is 2.21. The van der Waals surface area contributed by atoms with Gasteiger partial charge in [-0.15, -0.1) is 0 Å². The fraction of sp³-hybridized carbons (Fsp3) is 0.857. The smallest absolute Gasteiger partial charge is 0.407 e. The summed E-state index contributed by atoms with van der Waals surface area (Å²) in [5.74, 6) is 6.23. The zero-order chi connectivity index (χ0) is 30.1. The molecule has 0 heterocycles. The van der Waals surface area contributed by atoms with Gasteiger partial charge in [-0.05, 0) is 40.0 Å². The lowest BCUT2D eigenvalue weighted by Crippen LogP contribution is -2.36. The molecule has 0 aromatic carbocycles. The summed E-state index contributed by atoms with van der Waals surface area (Å²) < 4.78 is 22.0. The maximum absolute atomic E-state index is 11.9. The lowest BCUT2D eigenvalue weighted by Gasteiger charge is -2.24. The van der Waals surface area contributed by atoms with Crippen molar-refractivity contribution in [2.24, 2.45) is 5.92 Å². The molecule has 0 aliphatic carbocycles. The number of nitrogens with one attached hydrogen (secondary N) is 4. The molecule has 4 N–H and O–H groups in total. The summed E-state index contributed by atoms with van der Waals surface area (Å²) in [6.45, 7) is 19.7. The van der Waals surface area contributed by atoms with Gasteiger partial charge in [-0.2, -0.15) is 0 Å². The third-order valence-electron chi connectivity index (χ3n) is 4.97. The summed E-state index contributed by atoms with van der Waals surface area (Å²) >= 11 is 0. The minimum absolute atomic E-state index is 0.0337. The predicted octanol–water partition coefficient (Wildman–Crippen LogP) is 4.40. The van der Waals surface area contributed by atoms with E-state index in [1.54, 1.807) is 21.6 Å². The molecule has 0 aliphatic rings. The molecule has 10 nitrogen and oxygen atoms in total. The van der Waals surface area contributed by atoms with Crippen LogP contribution in [-0.4, -0.2) is 94.2 Å². The van der Waals surface area contributed by atoms with Crippen molar-refractivity contribution in [2.45, 2.75) is 84.0 Å². The Hall–Kier alpha value is -1.36. The van der Waals surface area contributed by atoms with Gasteiger partial charge in [0.1, 0.15) is 5.44 Å². The van der Waals surface area contributed by atoms with Gasteiger partial charge in [0.25, 0.3) is 0 Å². The summed E-state index contributed by atoms with van der Waals surface area (Å²) in [6.07, 6.45) is 2.00. The normalized spacial score (nSPS) is 12.1. The van der Waals surface area contributed by atoms with Crippen LogP contribution in [0.25, 0.3) is 0 Å². The van der Waals surface area contributed by atoms with E-state index in [4.69, 9.17) is 18.9 Å². The number of hydrogen-bond acceptors (Lipinski definition) is 9. The predicted molar refractivity (Wildman–Crippen MR) is 167 cm³/mol. The Bertz CT molecular complexity index is 717. The van der Waals surface area contributed by atoms with Crippen molar-refractivity contribution in [3.63, 3.8) is 0 Å². The van der Waals surface area contributed by atoms with E-state index < -0.39 is 6.09 Å². The van der Waals surface area contributed by atoms with Gasteiger partial charge in [0.05, 0.1) is 39.6 Å². The van der Waals surface area contributed by atoms with Gasteiger partial charge in [0, 0.05) is 42.9 Å². The van der Waals surface area contributed by atoms with Crippen LogP contribution in [0.2, 0.25) is 0 Å². The topological polar surface area (TPSA) is 119 Å². The highest BCUT2D eigenvalue weighted by Crippen LogP contribution is 2.40. The van der Waals surface area contributed by atoms with Crippen LogP contribution in [0.15, 0.2) is 0 Å². The SMILES string of the molecule is CC(C)C#CCNC(=O)NCCCCOC(C)SSC(C)(C)CCOC(=O)NCCOCCOCCNC(C)C. The quantitative estimate of drug-likeness (QED) is 0.0581. The van der Waals surface area contributed by atoms with E-state index in [-0.39, 0.29) is 16.2 Å². The second kappa shape index (κ2) is 25.4. The van der Waals surface area contributed by atoms with Crippen LogP contribution in [0.5, 0.6) is 0 Å². The molecule has 0 rings (SSSR count). The summed E-state index contributed by atoms with van der Waals surface area (Å²) in [5.41, 5.74) is 0.0337. The Balaban J connectivity index is 3.67. The van der Waals surface area contributed by atoms with Crippen molar-refractivity contribution >= 4 is 33.7 Å². The number of alkyl carbamates (subject to hydrolysis) is 1. The molecule has 0 fully saturated rings. The number of rotatable bonds is 23. The van der Waals surface area contributed by atoms with E-state index in [1.807, 2.05) is 20.8 Å². The Morgan fingerprint density at radius 1 is 0.825 bits per heavy atom. The third-order valence-corrected chi connectivity index (χ3v) is 8.58. The summed E-state index contributed by atoms with van der Waals surface area (Å²) in [7, 11) is 3.39. The van der Waals surface area contributed by atoms with Crippen molar-refractivity contribution < 1.29 is 28.5 Å². The Morgan fingerprint density at radius 2 is 1.52 bits per heavy atom. The molecule has 0 radical (unpaired) electrons. The highest BCUT2D eigenvalue weighted by molar-refractivity contribution is 8.77. The Morgan fingerprint density at radius 3 is 2.20 bits per heavy atom. The van der Waals surface area contributed by atoms with Crippen LogP contribution < -0.4 is 21.3 Å². The van der Waals surface area contributed by atoms with E-state index in [9.17, 15) is 9.59 Å². The molecule has 3 amide bonds. The molecule has 0 bridgehead atoms. The standard InChI is InChI=1S/C28H54N4O6S2/c1-23(2)11-10-14-31-26(33)30-13-8-9-17-37-25(5)39-40-28(6,7)12-18-38-27(34)32-16-20-36-22-21-35-19-15-29-24(3)4/h23-25,29H,8-9,12-22H2,1-7H3,(H,32,34)(H2,30,31,33). The molecule has 0 aliphatic heterocycles. The monoisotopic (exact) mass is 606 g/mol. The molecular formula is C28H54N4O6S2. The molecule has 0 aromatic heterocycles. The minimum Gasteiger partial charge on any atom is -0.450 e. The zero-order valence-corrected chi connectivity index (χ0v) is 27.3. The van der Waals surface area contributed by atoms with Crippen molar-refractivity contribution in [1.82, 2.24) is 21.3 Å². The van der Waals surface area contributed by atoms with Crippen LogP contribution in [0.1, 0.15) is 67.7 Å². The first kappa shape index (κ1) is 38.6. The van der Waals surface area contributed by atoms with E-state index >= 15 is 0 Å². The molecule has 234 valence electrons. The number of carbonyl (C=O) groups is 2. The van der Waals surface area contributed by atoms with Gasteiger partial charge in [-0.3, -0.25) is 0 Å². The Labute approximate surface area is 250 Å².